The SMILES string of the molecule is CCCCCCCCCC(O)CC1CC1. The van der Waals surface area contributed by atoms with Crippen molar-refractivity contribution in [2.24, 2.45) is 5.92 Å². The molecule has 0 aromatic heterocycles. The third-order valence-corrected chi connectivity index (χ3v) is 3.44. The van der Waals surface area contributed by atoms with E-state index in [9.17, 15) is 5.11 Å². The van der Waals surface area contributed by atoms with E-state index >= 15 is 0 Å². The molecular weight excluding hydrogens is 184 g/mol. The maximum Gasteiger partial charge on any atom is 0.0542 e. The molecule has 15 heavy (non-hydrogen) atoms. The smallest absolute Gasteiger partial charge is 0.0542 e. The van der Waals surface area contributed by atoms with E-state index in [0.29, 0.717) is 0 Å². The van der Waals surface area contributed by atoms with Crippen LogP contribution in [0.3, 0.4) is 0 Å². The van der Waals surface area contributed by atoms with Crippen LogP contribution in [0.2, 0.25) is 0 Å². The van der Waals surface area contributed by atoms with Gasteiger partial charge in [-0.3, -0.25) is 0 Å². The molecule has 1 rings (SSSR count). The first kappa shape index (κ1) is 13.0. The second-order valence-electron chi connectivity index (χ2n) is 5.24. The monoisotopic (exact) mass is 212 g/mol. The Morgan fingerprint density at radius 1 is 1.00 bits per heavy atom. The summed E-state index contributed by atoms with van der Waals surface area (Å²) in [5, 5.41) is 9.70. The summed E-state index contributed by atoms with van der Waals surface area (Å²) in [6.07, 6.45) is 14.3. The van der Waals surface area contributed by atoms with Gasteiger partial charge in [0, 0.05) is 0 Å². The first-order valence-electron chi connectivity index (χ1n) is 7.01. The molecule has 0 amide bonds. The van der Waals surface area contributed by atoms with Crippen LogP contribution in [-0.4, -0.2) is 11.2 Å². The summed E-state index contributed by atoms with van der Waals surface area (Å²) in [7, 11) is 0. The molecule has 1 heteroatoms. The molecule has 1 aliphatic rings. The molecule has 0 aliphatic heterocycles. The van der Waals surface area contributed by atoms with Crippen molar-refractivity contribution < 1.29 is 5.11 Å². The van der Waals surface area contributed by atoms with E-state index in [1.807, 2.05) is 0 Å². The minimum atomic E-state index is 0.00754. The normalized spacial score (nSPS) is 18.0. The molecular formula is C14H28O. The fourth-order valence-electron chi connectivity index (χ4n) is 2.19. The molecule has 0 aromatic rings. The first-order valence-corrected chi connectivity index (χ1v) is 7.01. The standard InChI is InChI=1S/C14H28O/c1-2-3-4-5-6-7-8-9-14(15)12-13-10-11-13/h13-15H,2-12H2,1H3. The summed E-state index contributed by atoms with van der Waals surface area (Å²) in [5.41, 5.74) is 0. The molecule has 0 aromatic carbocycles. The number of hydrogen-bond donors (Lipinski definition) is 1. The quantitative estimate of drug-likeness (QED) is 0.536. The fourth-order valence-corrected chi connectivity index (χ4v) is 2.19. The first-order chi connectivity index (χ1) is 7.33. The summed E-state index contributed by atoms with van der Waals surface area (Å²) in [5.74, 6) is 0.879. The van der Waals surface area contributed by atoms with Crippen LogP contribution in [0.5, 0.6) is 0 Å². The van der Waals surface area contributed by atoms with Crippen LogP contribution in [0.1, 0.15) is 77.6 Å². The third-order valence-electron chi connectivity index (χ3n) is 3.44. The Balaban J connectivity index is 1.75. The lowest BCUT2D eigenvalue weighted by Gasteiger charge is -2.09. The molecule has 90 valence electrons. The molecule has 1 unspecified atom stereocenters. The highest BCUT2D eigenvalue weighted by atomic mass is 16.3. The van der Waals surface area contributed by atoms with Crippen LogP contribution in [0.25, 0.3) is 0 Å². The maximum absolute atomic E-state index is 9.70. The van der Waals surface area contributed by atoms with Crippen LogP contribution in [0.15, 0.2) is 0 Å². The third kappa shape index (κ3) is 7.84. The minimum Gasteiger partial charge on any atom is -0.393 e. The molecule has 0 bridgehead atoms. The van der Waals surface area contributed by atoms with Gasteiger partial charge in [0.25, 0.3) is 0 Å². The molecule has 1 aliphatic carbocycles. The molecule has 1 nitrogen and oxygen atoms in total. The molecule has 0 radical (unpaired) electrons. The van der Waals surface area contributed by atoms with Gasteiger partial charge in [-0.05, 0) is 18.8 Å². The van der Waals surface area contributed by atoms with E-state index in [0.717, 1.165) is 18.8 Å². The zero-order chi connectivity index (χ0) is 10.9. The van der Waals surface area contributed by atoms with Crippen LogP contribution >= 0.6 is 0 Å². The Morgan fingerprint density at radius 2 is 1.60 bits per heavy atom. The van der Waals surface area contributed by atoms with Crippen molar-refractivity contribution in [1.29, 1.82) is 0 Å². The van der Waals surface area contributed by atoms with Crippen molar-refractivity contribution in [3.05, 3.63) is 0 Å². The van der Waals surface area contributed by atoms with Crippen molar-refractivity contribution in [1.82, 2.24) is 0 Å². The van der Waals surface area contributed by atoms with Gasteiger partial charge in [0.15, 0.2) is 0 Å². The molecule has 1 fully saturated rings. The van der Waals surface area contributed by atoms with Gasteiger partial charge < -0.3 is 5.11 Å². The highest BCUT2D eigenvalue weighted by Crippen LogP contribution is 2.34. The summed E-state index contributed by atoms with van der Waals surface area (Å²) in [6, 6.07) is 0. The van der Waals surface area contributed by atoms with E-state index in [-0.39, 0.29) is 6.10 Å². The van der Waals surface area contributed by atoms with Gasteiger partial charge in [0.05, 0.1) is 6.10 Å². The summed E-state index contributed by atoms with van der Waals surface area (Å²) < 4.78 is 0. The molecule has 0 heterocycles. The van der Waals surface area contributed by atoms with Gasteiger partial charge in [-0.25, -0.2) is 0 Å². The average molecular weight is 212 g/mol. The Bertz CT molecular complexity index is 140. The van der Waals surface area contributed by atoms with E-state index in [1.54, 1.807) is 0 Å². The van der Waals surface area contributed by atoms with Crippen molar-refractivity contribution in [3.8, 4) is 0 Å². The highest BCUT2D eigenvalue weighted by Gasteiger charge is 2.23. The van der Waals surface area contributed by atoms with Gasteiger partial charge in [-0.15, -0.1) is 0 Å². The number of aliphatic hydroxyl groups is 1. The van der Waals surface area contributed by atoms with E-state index in [2.05, 4.69) is 6.92 Å². The predicted octanol–water partition coefficient (Wildman–Crippen LogP) is 4.29. The van der Waals surface area contributed by atoms with Gasteiger partial charge in [-0.1, -0.05) is 64.7 Å². The topological polar surface area (TPSA) is 20.2 Å². The molecule has 0 spiro atoms. The van der Waals surface area contributed by atoms with Crippen LogP contribution in [-0.2, 0) is 0 Å². The largest absolute Gasteiger partial charge is 0.393 e. The summed E-state index contributed by atoms with van der Waals surface area (Å²) in [6.45, 7) is 2.26. The average Bonchev–Trinajstić information content (AvgIpc) is 3.00. The molecule has 1 saturated carbocycles. The molecule has 1 atom stereocenters. The maximum atomic E-state index is 9.70. The van der Waals surface area contributed by atoms with Crippen molar-refractivity contribution in [2.75, 3.05) is 0 Å². The zero-order valence-corrected chi connectivity index (χ0v) is 10.4. The van der Waals surface area contributed by atoms with Crippen molar-refractivity contribution in [2.45, 2.75) is 83.7 Å². The second kappa shape index (κ2) is 8.15. The highest BCUT2D eigenvalue weighted by molar-refractivity contribution is 4.76. The van der Waals surface area contributed by atoms with Gasteiger partial charge >= 0.3 is 0 Å². The van der Waals surface area contributed by atoms with Crippen LogP contribution in [0.4, 0.5) is 0 Å². The van der Waals surface area contributed by atoms with Crippen molar-refractivity contribution >= 4 is 0 Å². The second-order valence-corrected chi connectivity index (χ2v) is 5.24. The summed E-state index contributed by atoms with van der Waals surface area (Å²) >= 11 is 0. The summed E-state index contributed by atoms with van der Waals surface area (Å²) in [4.78, 5) is 0. The Labute approximate surface area is 95.3 Å². The van der Waals surface area contributed by atoms with Gasteiger partial charge in [0.2, 0.25) is 0 Å². The molecule has 0 saturated heterocycles. The van der Waals surface area contributed by atoms with E-state index < -0.39 is 0 Å². The number of aliphatic hydroxyl groups excluding tert-OH is 1. The van der Waals surface area contributed by atoms with E-state index in [1.165, 1.54) is 57.8 Å². The van der Waals surface area contributed by atoms with Crippen molar-refractivity contribution in [3.63, 3.8) is 0 Å². The number of hydrogen-bond acceptors (Lipinski definition) is 1. The van der Waals surface area contributed by atoms with Gasteiger partial charge in [-0.2, -0.15) is 0 Å². The Morgan fingerprint density at radius 3 is 2.20 bits per heavy atom. The fraction of sp³-hybridized carbons (Fsp3) is 1.00. The Kier molecular flexibility index (Phi) is 7.08. The molecule has 1 N–H and O–H groups in total. The van der Waals surface area contributed by atoms with Crippen LogP contribution in [0, 0.1) is 5.92 Å². The lowest BCUT2D eigenvalue weighted by atomic mass is 10.0. The van der Waals surface area contributed by atoms with Crippen LogP contribution < -0.4 is 0 Å². The number of unbranched alkanes of at least 4 members (excludes halogenated alkanes) is 6. The minimum absolute atomic E-state index is 0.00754. The van der Waals surface area contributed by atoms with E-state index in [4.69, 9.17) is 0 Å². The predicted molar refractivity (Wildman–Crippen MR) is 66.0 cm³/mol. The van der Waals surface area contributed by atoms with Gasteiger partial charge in [0.1, 0.15) is 0 Å². The Hall–Kier alpha value is -0.0400. The zero-order valence-electron chi connectivity index (χ0n) is 10.4. The lowest BCUT2D eigenvalue weighted by Crippen LogP contribution is -2.06. The lowest BCUT2D eigenvalue weighted by molar-refractivity contribution is 0.144. The number of rotatable bonds is 10.